The highest BCUT2D eigenvalue weighted by Crippen LogP contribution is 2.09. The van der Waals surface area contributed by atoms with Crippen LogP contribution in [0.4, 0.5) is 0 Å². The highest BCUT2D eigenvalue weighted by atomic mass is 35.5. The molecule has 0 unspecified atom stereocenters. The first-order chi connectivity index (χ1) is 13.7. The van der Waals surface area contributed by atoms with Crippen molar-refractivity contribution < 1.29 is 0 Å². The van der Waals surface area contributed by atoms with E-state index in [2.05, 4.69) is 25.7 Å². The number of fused-ring (bicyclic) bond motifs is 1. The molecule has 0 aliphatic carbocycles. The molecular weight excluding hydrogens is 378 g/mol. The summed E-state index contributed by atoms with van der Waals surface area (Å²) in [6.45, 7) is 5.61. The van der Waals surface area contributed by atoms with Gasteiger partial charge in [-0.05, 0) is 44.2 Å². The van der Waals surface area contributed by atoms with Gasteiger partial charge in [0.1, 0.15) is 11.0 Å². The zero-order chi connectivity index (χ0) is 19.8. The van der Waals surface area contributed by atoms with E-state index in [0.29, 0.717) is 18.2 Å². The van der Waals surface area contributed by atoms with E-state index >= 15 is 0 Å². The molecule has 0 saturated carbocycles. The van der Waals surface area contributed by atoms with Gasteiger partial charge in [-0.3, -0.25) is 9.56 Å². The third-order valence-corrected chi connectivity index (χ3v) is 4.89. The lowest BCUT2D eigenvalue weighted by atomic mass is 10.2. The van der Waals surface area contributed by atoms with Crippen LogP contribution >= 0.6 is 11.6 Å². The Morgan fingerprint density at radius 1 is 1.32 bits per heavy atom. The number of guanidine groups is 1. The van der Waals surface area contributed by atoms with Gasteiger partial charge >= 0.3 is 5.69 Å². The molecule has 28 heavy (non-hydrogen) atoms. The number of pyridine rings is 1. The molecule has 2 aromatic heterocycles. The van der Waals surface area contributed by atoms with Gasteiger partial charge in [0.05, 0.1) is 0 Å². The summed E-state index contributed by atoms with van der Waals surface area (Å²) in [7, 11) is 0. The minimum atomic E-state index is 0.0142. The molecule has 1 aliphatic heterocycles. The third kappa shape index (κ3) is 5.58. The Balaban J connectivity index is 1.45. The number of halogens is 1. The minimum Gasteiger partial charge on any atom is -0.357 e. The van der Waals surface area contributed by atoms with Crippen LogP contribution in [-0.4, -0.2) is 44.9 Å². The Morgan fingerprint density at radius 3 is 2.96 bits per heavy atom. The van der Waals surface area contributed by atoms with E-state index in [1.54, 1.807) is 16.9 Å². The summed E-state index contributed by atoms with van der Waals surface area (Å²) in [6.07, 6.45) is 6.48. The maximum atomic E-state index is 12.3. The summed E-state index contributed by atoms with van der Waals surface area (Å²) in [4.78, 5) is 21.0. The second-order valence-corrected chi connectivity index (χ2v) is 7.20. The first kappa shape index (κ1) is 20.4. The SMILES string of the molecule is CCNC(=NCCCn1nc2n(c1=O)CCCC2)NCCc1ccc(Cl)nc1. The molecule has 8 nitrogen and oxygen atoms in total. The van der Waals surface area contributed by atoms with Gasteiger partial charge in [0.2, 0.25) is 0 Å². The normalized spacial score (nSPS) is 14.0. The molecule has 0 aromatic carbocycles. The van der Waals surface area contributed by atoms with Crippen molar-refractivity contribution >= 4 is 17.6 Å². The van der Waals surface area contributed by atoms with Crippen LogP contribution < -0.4 is 16.3 Å². The van der Waals surface area contributed by atoms with Crippen LogP contribution in [0.1, 0.15) is 37.6 Å². The summed E-state index contributed by atoms with van der Waals surface area (Å²) >= 11 is 5.81. The molecule has 0 saturated heterocycles. The maximum Gasteiger partial charge on any atom is 0.345 e. The van der Waals surface area contributed by atoms with Crippen LogP contribution in [0.15, 0.2) is 28.1 Å². The summed E-state index contributed by atoms with van der Waals surface area (Å²) < 4.78 is 3.40. The fraction of sp³-hybridized carbons (Fsp3) is 0.579. The first-order valence-electron chi connectivity index (χ1n) is 9.96. The average Bonchev–Trinajstić information content (AvgIpc) is 3.03. The van der Waals surface area contributed by atoms with Gasteiger partial charge in [-0.15, -0.1) is 0 Å². The zero-order valence-electron chi connectivity index (χ0n) is 16.3. The van der Waals surface area contributed by atoms with Crippen LogP contribution in [-0.2, 0) is 25.9 Å². The molecule has 0 radical (unpaired) electrons. The van der Waals surface area contributed by atoms with Crippen molar-refractivity contribution in [3.05, 3.63) is 45.4 Å². The average molecular weight is 406 g/mol. The predicted octanol–water partition coefficient (Wildman–Crippen LogP) is 1.62. The lowest BCUT2D eigenvalue weighted by Crippen LogP contribution is -2.38. The van der Waals surface area contributed by atoms with Crippen LogP contribution in [0, 0.1) is 0 Å². The zero-order valence-corrected chi connectivity index (χ0v) is 17.1. The van der Waals surface area contributed by atoms with Gasteiger partial charge in [-0.25, -0.2) is 14.5 Å². The molecule has 9 heteroatoms. The van der Waals surface area contributed by atoms with Crippen molar-refractivity contribution in [1.29, 1.82) is 0 Å². The Kier molecular flexibility index (Phi) is 7.47. The number of nitrogens with one attached hydrogen (secondary N) is 2. The monoisotopic (exact) mass is 405 g/mol. The van der Waals surface area contributed by atoms with E-state index in [9.17, 15) is 4.79 Å². The highest BCUT2D eigenvalue weighted by Gasteiger charge is 2.16. The van der Waals surface area contributed by atoms with E-state index in [1.165, 1.54) is 0 Å². The van der Waals surface area contributed by atoms with E-state index in [4.69, 9.17) is 11.6 Å². The molecule has 0 amide bonds. The van der Waals surface area contributed by atoms with E-state index in [1.807, 2.05) is 17.6 Å². The smallest absolute Gasteiger partial charge is 0.345 e. The van der Waals surface area contributed by atoms with Crippen LogP contribution in [0.25, 0.3) is 0 Å². The van der Waals surface area contributed by atoms with Gasteiger partial charge in [0.25, 0.3) is 0 Å². The van der Waals surface area contributed by atoms with Crippen molar-refractivity contribution in [2.24, 2.45) is 4.99 Å². The quantitative estimate of drug-likeness (QED) is 0.301. The first-order valence-corrected chi connectivity index (χ1v) is 10.3. The number of aromatic nitrogens is 4. The highest BCUT2D eigenvalue weighted by molar-refractivity contribution is 6.29. The van der Waals surface area contributed by atoms with Crippen LogP contribution in [0.5, 0.6) is 0 Å². The standard InChI is InChI=1S/C19H28ClN7O/c1-2-21-18(23-11-9-15-7-8-16(20)24-14-15)22-10-5-13-27-19(28)26-12-4-3-6-17(26)25-27/h7-8,14H,2-6,9-13H2,1H3,(H2,21,22,23). The fourth-order valence-electron chi connectivity index (χ4n) is 3.23. The van der Waals surface area contributed by atoms with Gasteiger partial charge in [0, 0.05) is 45.3 Å². The minimum absolute atomic E-state index is 0.0142. The topological polar surface area (TPSA) is 89.1 Å². The van der Waals surface area contributed by atoms with Crippen LogP contribution in [0.3, 0.4) is 0 Å². The molecule has 3 rings (SSSR count). The third-order valence-electron chi connectivity index (χ3n) is 4.67. The molecule has 3 heterocycles. The molecule has 0 fully saturated rings. The number of rotatable bonds is 8. The summed E-state index contributed by atoms with van der Waals surface area (Å²) in [5.41, 5.74) is 1.14. The van der Waals surface area contributed by atoms with Gasteiger partial charge in [-0.2, -0.15) is 5.10 Å². The Labute approximate surface area is 170 Å². The van der Waals surface area contributed by atoms with E-state index < -0.39 is 0 Å². The van der Waals surface area contributed by atoms with Gasteiger partial charge < -0.3 is 10.6 Å². The molecule has 0 bridgehead atoms. The predicted molar refractivity (Wildman–Crippen MR) is 111 cm³/mol. The molecular formula is C19H28ClN7O. The van der Waals surface area contributed by atoms with Crippen molar-refractivity contribution in [2.75, 3.05) is 19.6 Å². The molecule has 0 spiro atoms. The van der Waals surface area contributed by atoms with Crippen molar-refractivity contribution in [3.63, 3.8) is 0 Å². The van der Waals surface area contributed by atoms with Crippen LogP contribution in [0.2, 0.25) is 5.15 Å². The van der Waals surface area contributed by atoms with Gasteiger partial charge in [-0.1, -0.05) is 17.7 Å². The molecule has 2 N–H and O–H groups in total. The number of hydrogen-bond donors (Lipinski definition) is 2. The second-order valence-electron chi connectivity index (χ2n) is 6.81. The Bertz CT molecular complexity index is 841. The number of nitrogens with zero attached hydrogens (tertiary/aromatic N) is 5. The Hall–Kier alpha value is -2.35. The molecule has 1 aliphatic rings. The van der Waals surface area contributed by atoms with Crippen molar-refractivity contribution in [3.8, 4) is 0 Å². The molecule has 0 atom stereocenters. The lowest BCUT2D eigenvalue weighted by molar-refractivity contribution is 0.509. The Morgan fingerprint density at radius 2 is 2.21 bits per heavy atom. The molecule has 2 aromatic rings. The molecule has 152 valence electrons. The van der Waals surface area contributed by atoms with Crippen molar-refractivity contribution in [1.82, 2.24) is 30.0 Å². The lowest BCUT2D eigenvalue weighted by Gasteiger charge is -2.11. The second kappa shape index (κ2) is 10.3. The number of aryl methyl sites for hydroxylation is 2. The van der Waals surface area contributed by atoms with Crippen molar-refractivity contribution in [2.45, 2.75) is 52.1 Å². The number of hydrogen-bond acceptors (Lipinski definition) is 4. The fourth-order valence-corrected chi connectivity index (χ4v) is 3.34. The summed E-state index contributed by atoms with van der Waals surface area (Å²) in [5, 5.41) is 11.5. The summed E-state index contributed by atoms with van der Waals surface area (Å²) in [6, 6.07) is 3.77. The van der Waals surface area contributed by atoms with E-state index in [0.717, 1.165) is 69.1 Å². The maximum absolute atomic E-state index is 12.3. The largest absolute Gasteiger partial charge is 0.357 e. The van der Waals surface area contributed by atoms with E-state index in [-0.39, 0.29) is 5.69 Å². The van der Waals surface area contributed by atoms with Gasteiger partial charge in [0.15, 0.2) is 5.96 Å². The number of aliphatic imine (C=N–C) groups is 1. The summed E-state index contributed by atoms with van der Waals surface area (Å²) in [5.74, 6) is 1.70.